The molecule has 1 fully saturated rings. The van der Waals surface area contributed by atoms with E-state index >= 15 is 0 Å². The van der Waals surface area contributed by atoms with Crippen LogP contribution < -0.4 is 5.73 Å². The van der Waals surface area contributed by atoms with Gasteiger partial charge in [0.2, 0.25) is 5.24 Å². The van der Waals surface area contributed by atoms with Gasteiger partial charge in [0.25, 0.3) is 0 Å². The van der Waals surface area contributed by atoms with Crippen LogP contribution in [0.5, 0.6) is 0 Å². The molecule has 2 N–H and O–H groups in total. The van der Waals surface area contributed by atoms with Crippen molar-refractivity contribution in [2.24, 2.45) is 11.7 Å². The van der Waals surface area contributed by atoms with Crippen molar-refractivity contribution < 1.29 is 4.79 Å². The van der Waals surface area contributed by atoms with Gasteiger partial charge in [0, 0.05) is 13.0 Å². The second-order valence-corrected chi connectivity index (χ2v) is 5.16. The Labute approximate surface area is 115 Å². The minimum atomic E-state index is -0.174. The summed E-state index contributed by atoms with van der Waals surface area (Å²) in [6.07, 6.45) is 6.91. The predicted octanol–water partition coefficient (Wildman–Crippen LogP) is 3.87. The summed E-state index contributed by atoms with van der Waals surface area (Å²) < 4.78 is 0. The zero-order valence-corrected chi connectivity index (χ0v) is 11.5. The van der Waals surface area contributed by atoms with Gasteiger partial charge in [-0.15, -0.1) is 0 Å². The second kappa shape index (κ2) is 9.12. The summed E-state index contributed by atoms with van der Waals surface area (Å²) in [6, 6.07) is 9.99. The van der Waals surface area contributed by atoms with E-state index < -0.39 is 0 Å². The Morgan fingerprint density at radius 3 is 2.28 bits per heavy atom. The maximum absolute atomic E-state index is 10.4. The molecule has 0 aromatic heterocycles. The van der Waals surface area contributed by atoms with E-state index in [-0.39, 0.29) is 5.24 Å². The fourth-order valence-electron chi connectivity index (χ4n) is 2.23. The molecule has 0 amide bonds. The van der Waals surface area contributed by atoms with Gasteiger partial charge in [-0.1, -0.05) is 56.0 Å². The van der Waals surface area contributed by atoms with Gasteiger partial charge in [-0.3, -0.25) is 4.79 Å². The van der Waals surface area contributed by atoms with Crippen molar-refractivity contribution in [3.63, 3.8) is 0 Å². The minimum Gasteiger partial charge on any atom is -0.326 e. The van der Waals surface area contributed by atoms with Gasteiger partial charge in [-0.25, -0.2) is 0 Å². The van der Waals surface area contributed by atoms with Crippen LogP contribution in [0.15, 0.2) is 30.3 Å². The first-order valence-electron chi connectivity index (χ1n) is 6.64. The summed E-state index contributed by atoms with van der Waals surface area (Å²) in [7, 11) is 0. The van der Waals surface area contributed by atoms with Gasteiger partial charge < -0.3 is 5.73 Å². The number of benzene rings is 1. The first-order valence-corrected chi connectivity index (χ1v) is 7.02. The monoisotopic (exact) mass is 267 g/mol. The van der Waals surface area contributed by atoms with Crippen LogP contribution in [0.25, 0.3) is 0 Å². The molecule has 0 aliphatic heterocycles. The van der Waals surface area contributed by atoms with Crippen LogP contribution >= 0.6 is 11.6 Å². The molecule has 0 radical (unpaired) electrons. The number of hydrogen-bond donors (Lipinski definition) is 1. The van der Waals surface area contributed by atoms with Crippen molar-refractivity contribution >= 4 is 16.8 Å². The van der Waals surface area contributed by atoms with Crippen LogP contribution in [0.2, 0.25) is 0 Å². The fraction of sp³-hybridized carbons (Fsp3) is 0.533. The maximum atomic E-state index is 10.4. The van der Waals surface area contributed by atoms with Crippen LogP contribution in [-0.2, 0) is 11.3 Å². The van der Waals surface area contributed by atoms with E-state index in [4.69, 9.17) is 17.3 Å². The van der Waals surface area contributed by atoms with Crippen molar-refractivity contribution in [2.45, 2.75) is 45.1 Å². The van der Waals surface area contributed by atoms with Crippen LogP contribution in [0, 0.1) is 5.92 Å². The molecule has 0 spiro atoms. The Morgan fingerprint density at radius 1 is 1.22 bits per heavy atom. The van der Waals surface area contributed by atoms with E-state index in [1.807, 2.05) is 30.3 Å². The molecule has 2 rings (SSSR count). The third kappa shape index (κ3) is 6.77. The summed E-state index contributed by atoms with van der Waals surface area (Å²) in [5, 5.41) is -0.174. The number of halogens is 1. The number of carbonyl (C=O) groups is 1. The first kappa shape index (κ1) is 15.2. The van der Waals surface area contributed by atoms with Crippen molar-refractivity contribution in [1.82, 2.24) is 0 Å². The normalized spacial score (nSPS) is 15.0. The summed E-state index contributed by atoms with van der Waals surface area (Å²) in [5.41, 5.74) is 6.54. The lowest BCUT2D eigenvalue weighted by atomic mass is 10.0. The van der Waals surface area contributed by atoms with E-state index in [0.29, 0.717) is 13.0 Å². The summed E-state index contributed by atoms with van der Waals surface area (Å²) in [5.74, 6) is 0.794. The Balaban J connectivity index is 0.000000184. The average molecular weight is 268 g/mol. The van der Waals surface area contributed by atoms with Crippen LogP contribution in [-0.4, -0.2) is 5.24 Å². The topological polar surface area (TPSA) is 43.1 Å². The van der Waals surface area contributed by atoms with E-state index in [9.17, 15) is 4.79 Å². The summed E-state index contributed by atoms with van der Waals surface area (Å²) in [4.78, 5) is 10.4. The molecular weight excluding hydrogens is 246 g/mol. The molecule has 1 saturated carbocycles. The van der Waals surface area contributed by atoms with E-state index in [2.05, 4.69) is 0 Å². The summed E-state index contributed by atoms with van der Waals surface area (Å²) >= 11 is 5.22. The van der Waals surface area contributed by atoms with Gasteiger partial charge in [0.1, 0.15) is 0 Å². The standard InChI is InChI=1S/C8H13ClO.C7H9N/c9-8(10)6-5-7-3-1-2-4-7;8-6-7-4-2-1-3-5-7/h7H,1-6H2;1-5H,6,8H2. The lowest BCUT2D eigenvalue weighted by Crippen LogP contribution is -1.95. The zero-order valence-electron chi connectivity index (χ0n) is 10.8. The molecule has 1 aliphatic rings. The second-order valence-electron chi connectivity index (χ2n) is 4.73. The molecule has 0 atom stereocenters. The van der Waals surface area contributed by atoms with Gasteiger partial charge >= 0.3 is 0 Å². The highest BCUT2D eigenvalue weighted by atomic mass is 35.5. The van der Waals surface area contributed by atoms with Crippen molar-refractivity contribution in [1.29, 1.82) is 0 Å². The van der Waals surface area contributed by atoms with Gasteiger partial charge in [0.05, 0.1) is 0 Å². The molecule has 1 aromatic rings. The number of rotatable bonds is 4. The maximum Gasteiger partial charge on any atom is 0.221 e. The third-order valence-corrected chi connectivity index (χ3v) is 3.49. The molecule has 1 aromatic carbocycles. The Kier molecular flexibility index (Phi) is 7.70. The lowest BCUT2D eigenvalue weighted by molar-refractivity contribution is -0.111. The SMILES string of the molecule is NCc1ccccc1.O=C(Cl)CCC1CCCC1. The molecule has 0 bridgehead atoms. The van der Waals surface area contributed by atoms with Crippen molar-refractivity contribution in [3.8, 4) is 0 Å². The highest BCUT2D eigenvalue weighted by Crippen LogP contribution is 2.28. The predicted molar refractivity (Wildman–Crippen MR) is 76.4 cm³/mol. The number of hydrogen-bond acceptors (Lipinski definition) is 2. The molecule has 100 valence electrons. The van der Waals surface area contributed by atoms with Crippen molar-refractivity contribution in [2.75, 3.05) is 0 Å². The fourth-order valence-corrected chi connectivity index (χ4v) is 2.34. The molecule has 18 heavy (non-hydrogen) atoms. The average Bonchev–Trinajstić information content (AvgIpc) is 2.91. The third-order valence-electron chi connectivity index (χ3n) is 3.30. The van der Waals surface area contributed by atoms with Gasteiger partial charge in [-0.2, -0.15) is 0 Å². The van der Waals surface area contributed by atoms with Crippen molar-refractivity contribution in [3.05, 3.63) is 35.9 Å². The zero-order chi connectivity index (χ0) is 13.2. The molecule has 0 heterocycles. The lowest BCUT2D eigenvalue weighted by Gasteiger charge is -2.04. The Hall–Kier alpha value is -0.860. The molecule has 2 nitrogen and oxygen atoms in total. The highest BCUT2D eigenvalue weighted by molar-refractivity contribution is 6.63. The van der Waals surface area contributed by atoms with Crippen LogP contribution in [0.4, 0.5) is 0 Å². The quantitative estimate of drug-likeness (QED) is 0.842. The van der Waals surface area contributed by atoms with Crippen LogP contribution in [0.1, 0.15) is 44.1 Å². The van der Waals surface area contributed by atoms with Crippen LogP contribution in [0.3, 0.4) is 0 Å². The molecule has 3 heteroatoms. The Bertz CT molecular complexity index is 334. The van der Waals surface area contributed by atoms with Gasteiger partial charge in [0.15, 0.2) is 0 Å². The summed E-state index contributed by atoms with van der Waals surface area (Å²) in [6.45, 7) is 0.640. The van der Waals surface area contributed by atoms with E-state index in [0.717, 1.165) is 12.3 Å². The number of carbonyl (C=O) groups excluding carboxylic acids is 1. The molecule has 1 aliphatic carbocycles. The van der Waals surface area contributed by atoms with E-state index in [1.165, 1.54) is 31.2 Å². The molecule has 0 unspecified atom stereocenters. The Morgan fingerprint density at radius 2 is 1.83 bits per heavy atom. The van der Waals surface area contributed by atoms with Gasteiger partial charge in [-0.05, 0) is 29.5 Å². The minimum absolute atomic E-state index is 0.174. The molecule has 0 saturated heterocycles. The molecular formula is C15H22ClNO. The smallest absolute Gasteiger partial charge is 0.221 e. The first-order chi connectivity index (χ1) is 8.72. The highest BCUT2D eigenvalue weighted by Gasteiger charge is 2.15. The number of nitrogens with two attached hydrogens (primary N) is 1. The van der Waals surface area contributed by atoms with E-state index in [1.54, 1.807) is 0 Å². The largest absolute Gasteiger partial charge is 0.326 e.